The molecule has 0 spiro atoms. The molecule has 0 aliphatic heterocycles. The SMILES string of the molecule is CCOCCOCc1c(C)nn(C)c1NC. The number of anilines is 1. The number of hydrogen-bond donors (Lipinski definition) is 1. The smallest absolute Gasteiger partial charge is 0.129 e. The minimum absolute atomic E-state index is 0.572. The first-order chi connectivity index (χ1) is 7.70. The third kappa shape index (κ3) is 3.21. The normalized spacial score (nSPS) is 10.8. The first-order valence-corrected chi connectivity index (χ1v) is 5.56. The molecule has 5 nitrogen and oxygen atoms in total. The lowest BCUT2D eigenvalue weighted by molar-refractivity contribution is 0.0453. The van der Waals surface area contributed by atoms with Crippen molar-refractivity contribution in [2.45, 2.75) is 20.5 Å². The fourth-order valence-electron chi connectivity index (χ4n) is 1.62. The predicted molar refractivity (Wildman–Crippen MR) is 63.6 cm³/mol. The van der Waals surface area contributed by atoms with E-state index >= 15 is 0 Å². The van der Waals surface area contributed by atoms with Gasteiger partial charge in [-0.05, 0) is 13.8 Å². The summed E-state index contributed by atoms with van der Waals surface area (Å²) < 4.78 is 12.6. The van der Waals surface area contributed by atoms with Crippen LogP contribution in [0.4, 0.5) is 5.82 Å². The number of aromatic nitrogens is 2. The summed E-state index contributed by atoms with van der Waals surface area (Å²) in [6, 6.07) is 0. The van der Waals surface area contributed by atoms with Crippen LogP contribution in [-0.2, 0) is 23.1 Å². The minimum atomic E-state index is 0.572. The van der Waals surface area contributed by atoms with Crippen LogP contribution in [0.25, 0.3) is 0 Å². The molecule has 0 amide bonds. The molecule has 0 saturated heterocycles. The van der Waals surface area contributed by atoms with Crippen molar-refractivity contribution in [1.82, 2.24) is 9.78 Å². The summed E-state index contributed by atoms with van der Waals surface area (Å²) in [4.78, 5) is 0. The lowest BCUT2D eigenvalue weighted by Gasteiger charge is -2.07. The van der Waals surface area contributed by atoms with Crippen molar-refractivity contribution in [3.05, 3.63) is 11.3 Å². The molecule has 1 heterocycles. The molecule has 0 aliphatic rings. The van der Waals surface area contributed by atoms with Crippen molar-refractivity contribution in [3.63, 3.8) is 0 Å². The number of nitrogens with one attached hydrogen (secondary N) is 1. The topological polar surface area (TPSA) is 48.3 Å². The summed E-state index contributed by atoms with van der Waals surface area (Å²) in [6.45, 7) is 6.53. The quantitative estimate of drug-likeness (QED) is 0.714. The molecule has 0 bridgehead atoms. The van der Waals surface area contributed by atoms with E-state index in [-0.39, 0.29) is 0 Å². The maximum atomic E-state index is 5.54. The van der Waals surface area contributed by atoms with Crippen LogP contribution >= 0.6 is 0 Å². The van der Waals surface area contributed by atoms with Gasteiger partial charge >= 0.3 is 0 Å². The van der Waals surface area contributed by atoms with Crippen LogP contribution in [0, 0.1) is 6.92 Å². The molecule has 1 aromatic rings. The van der Waals surface area contributed by atoms with E-state index in [1.165, 1.54) is 0 Å². The van der Waals surface area contributed by atoms with Gasteiger partial charge in [0.25, 0.3) is 0 Å². The van der Waals surface area contributed by atoms with Crippen LogP contribution in [0.1, 0.15) is 18.2 Å². The molecule has 1 N–H and O–H groups in total. The number of hydrogen-bond acceptors (Lipinski definition) is 4. The van der Waals surface area contributed by atoms with Crippen molar-refractivity contribution >= 4 is 5.82 Å². The van der Waals surface area contributed by atoms with E-state index in [4.69, 9.17) is 9.47 Å². The Morgan fingerprint density at radius 2 is 2.00 bits per heavy atom. The maximum Gasteiger partial charge on any atom is 0.129 e. The van der Waals surface area contributed by atoms with Crippen LogP contribution in [-0.4, -0.2) is 36.6 Å². The highest BCUT2D eigenvalue weighted by molar-refractivity contribution is 5.46. The van der Waals surface area contributed by atoms with Crippen molar-refractivity contribution in [2.75, 3.05) is 32.2 Å². The second-order valence-electron chi connectivity index (χ2n) is 3.54. The van der Waals surface area contributed by atoms with Crippen molar-refractivity contribution < 1.29 is 9.47 Å². The Labute approximate surface area is 96.7 Å². The summed E-state index contributed by atoms with van der Waals surface area (Å²) in [5, 5.41) is 7.47. The highest BCUT2D eigenvalue weighted by Gasteiger charge is 2.11. The maximum absolute atomic E-state index is 5.54. The first-order valence-electron chi connectivity index (χ1n) is 5.56. The van der Waals surface area contributed by atoms with Gasteiger partial charge in [0, 0.05) is 26.3 Å². The summed E-state index contributed by atoms with van der Waals surface area (Å²) in [7, 11) is 3.81. The van der Waals surface area contributed by atoms with Gasteiger partial charge in [-0.3, -0.25) is 4.68 Å². The lowest BCUT2D eigenvalue weighted by Crippen LogP contribution is -2.06. The van der Waals surface area contributed by atoms with E-state index in [2.05, 4.69) is 10.4 Å². The fraction of sp³-hybridized carbons (Fsp3) is 0.727. The van der Waals surface area contributed by atoms with Crippen molar-refractivity contribution in [3.8, 4) is 0 Å². The zero-order chi connectivity index (χ0) is 12.0. The predicted octanol–water partition coefficient (Wildman–Crippen LogP) is 1.32. The fourth-order valence-corrected chi connectivity index (χ4v) is 1.62. The highest BCUT2D eigenvalue weighted by Crippen LogP contribution is 2.18. The Morgan fingerprint density at radius 3 is 2.62 bits per heavy atom. The van der Waals surface area contributed by atoms with E-state index in [1.807, 2.05) is 32.6 Å². The molecule has 0 radical (unpaired) electrons. The van der Waals surface area contributed by atoms with E-state index < -0.39 is 0 Å². The average Bonchev–Trinajstić information content (AvgIpc) is 2.53. The van der Waals surface area contributed by atoms with Gasteiger partial charge in [-0.2, -0.15) is 5.10 Å². The Balaban J connectivity index is 2.46. The number of rotatable bonds is 7. The molecular formula is C11H21N3O2. The Bertz CT molecular complexity index is 323. The van der Waals surface area contributed by atoms with Crippen molar-refractivity contribution in [2.24, 2.45) is 7.05 Å². The van der Waals surface area contributed by atoms with Gasteiger partial charge in [0.05, 0.1) is 25.5 Å². The second kappa shape index (κ2) is 6.50. The van der Waals surface area contributed by atoms with Gasteiger partial charge in [0.15, 0.2) is 0 Å². The summed E-state index contributed by atoms with van der Waals surface area (Å²) in [5.74, 6) is 1.01. The Hall–Kier alpha value is -1.07. The van der Waals surface area contributed by atoms with E-state index in [0.717, 1.165) is 23.7 Å². The Kier molecular flexibility index (Phi) is 5.28. The molecule has 0 atom stereocenters. The largest absolute Gasteiger partial charge is 0.379 e. The van der Waals surface area contributed by atoms with Crippen molar-refractivity contribution in [1.29, 1.82) is 0 Å². The molecule has 0 aromatic carbocycles. The third-order valence-electron chi connectivity index (χ3n) is 2.41. The zero-order valence-electron chi connectivity index (χ0n) is 10.5. The molecule has 0 saturated carbocycles. The van der Waals surface area contributed by atoms with Crippen LogP contribution in [0.3, 0.4) is 0 Å². The molecule has 0 aliphatic carbocycles. The molecule has 92 valence electrons. The number of ether oxygens (including phenoxy) is 2. The van der Waals surface area contributed by atoms with E-state index in [0.29, 0.717) is 19.8 Å². The van der Waals surface area contributed by atoms with E-state index in [1.54, 1.807) is 0 Å². The Morgan fingerprint density at radius 1 is 1.31 bits per heavy atom. The van der Waals surface area contributed by atoms with Crippen LogP contribution in [0.15, 0.2) is 0 Å². The van der Waals surface area contributed by atoms with E-state index in [9.17, 15) is 0 Å². The molecular weight excluding hydrogens is 206 g/mol. The molecule has 5 heteroatoms. The van der Waals surface area contributed by atoms with Crippen LogP contribution in [0.5, 0.6) is 0 Å². The molecule has 1 rings (SSSR count). The summed E-state index contributed by atoms with van der Waals surface area (Å²) in [5.41, 5.74) is 2.12. The van der Waals surface area contributed by atoms with Crippen LogP contribution < -0.4 is 5.32 Å². The molecule has 0 unspecified atom stereocenters. The minimum Gasteiger partial charge on any atom is -0.379 e. The highest BCUT2D eigenvalue weighted by atomic mass is 16.5. The standard InChI is InChI=1S/C11H21N3O2/c1-5-15-6-7-16-8-10-9(2)13-14(4)11(10)12-3/h12H,5-8H2,1-4H3. The third-order valence-corrected chi connectivity index (χ3v) is 2.41. The van der Waals surface area contributed by atoms with Gasteiger partial charge in [-0.25, -0.2) is 0 Å². The summed E-state index contributed by atoms with van der Waals surface area (Å²) in [6.07, 6.45) is 0. The van der Waals surface area contributed by atoms with Gasteiger partial charge in [-0.15, -0.1) is 0 Å². The lowest BCUT2D eigenvalue weighted by atomic mass is 10.2. The number of aryl methyl sites for hydroxylation is 2. The van der Waals surface area contributed by atoms with Crippen LogP contribution in [0.2, 0.25) is 0 Å². The zero-order valence-corrected chi connectivity index (χ0v) is 10.5. The number of nitrogens with zero attached hydrogens (tertiary/aromatic N) is 2. The first kappa shape index (κ1) is 13.0. The monoisotopic (exact) mass is 227 g/mol. The second-order valence-corrected chi connectivity index (χ2v) is 3.54. The van der Waals surface area contributed by atoms with Gasteiger partial charge < -0.3 is 14.8 Å². The van der Waals surface area contributed by atoms with Gasteiger partial charge in [-0.1, -0.05) is 0 Å². The van der Waals surface area contributed by atoms with Gasteiger partial charge in [0.2, 0.25) is 0 Å². The summed E-state index contributed by atoms with van der Waals surface area (Å²) >= 11 is 0. The molecule has 16 heavy (non-hydrogen) atoms. The van der Waals surface area contributed by atoms with Gasteiger partial charge in [0.1, 0.15) is 5.82 Å². The molecule has 0 fully saturated rings. The average molecular weight is 227 g/mol. The molecule has 1 aromatic heterocycles.